The molecule has 0 aliphatic heterocycles. The zero-order chi connectivity index (χ0) is 26.3. The summed E-state index contributed by atoms with van der Waals surface area (Å²) in [6.45, 7) is 16.5. The molecule has 3 saturated carbocycles. The van der Waals surface area contributed by atoms with Gasteiger partial charge in [-0.25, -0.2) is 0 Å². The summed E-state index contributed by atoms with van der Waals surface area (Å²) in [5, 5.41) is 21.9. The molecule has 0 amide bonds. The summed E-state index contributed by atoms with van der Waals surface area (Å²) in [6, 6.07) is 0.0131. The summed E-state index contributed by atoms with van der Waals surface area (Å²) in [5.74, 6) is -0.316. The van der Waals surface area contributed by atoms with Crippen LogP contribution < -0.4 is 5.73 Å². The maximum Gasteiger partial charge on any atom is 0.316 e. The highest BCUT2D eigenvalue weighted by Crippen LogP contribution is 2.62. The minimum atomic E-state index is -0.702. The Hall–Kier alpha value is -0.890. The highest BCUT2D eigenvalue weighted by molar-refractivity contribution is 8.00. The number of hydrogen-bond acceptors (Lipinski definition) is 7. The van der Waals surface area contributed by atoms with Crippen molar-refractivity contribution in [3.8, 4) is 0 Å². The molecule has 3 aliphatic carbocycles. The number of aliphatic hydroxyl groups excluding tert-OH is 2. The van der Waals surface area contributed by atoms with Gasteiger partial charge in [0, 0.05) is 34.5 Å². The van der Waals surface area contributed by atoms with E-state index in [0.717, 1.165) is 19.3 Å². The Bertz CT molecular complexity index is 819. The van der Waals surface area contributed by atoms with Gasteiger partial charge in [-0.15, -0.1) is 18.3 Å². The summed E-state index contributed by atoms with van der Waals surface area (Å²) >= 11 is 1.43. The molecular formula is C28H47NO5S. The zero-order valence-corrected chi connectivity index (χ0v) is 23.3. The standard InChI is InChI=1S/C28H47NO5S/c1-8-26(5)14-22(34-23(32)15-35-21-10-9-18(29)13-20(21)31)28(7,16(2)3)24-19(30)11-12-27(24,6)17(4)25(26)33/h8,16-18,20-22,24-25,31,33H,1,9-15,29H2,2-7H3/t17-,18+,20+,21+,22+,24?,25-,26+,27-,28-/m0/s1. The van der Waals surface area contributed by atoms with E-state index in [1.54, 1.807) is 6.08 Å². The molecule has 1 unspecified atom stereocenters. The van der Waals surface area contributed by atoms with Crippen LogP contribution in [-0.4, -0.2) is 57.3 Å². The number of Topliss-reactive ketones (excluding diaryl/α,β-unsaturated/α-hetero) is 1. The zero-order valence-electron chi connectivity index (χ0n) is 22.5. The molecule has 3 aliphatic rings. The minimum absolute atomic E-state index is 0.0131. The van der Waals surface area contributed by atoms with Crippen LogP contribution >= 0.6 is 11.8 Å². The normalized spacial score (nSPS) is 46.6. The van der Waals surface area contributed by atoms with Crippen molar-refractivity contribution in [3.63, 3.8) is 0 Å². The second kappa shape index (κ2) is 10.5. The Morgan fingerprint density at radius 3 is 2.51 bits per heavy atom. The summed E-state index contributed by atoms with van der Waals surface area (Å²) < 4.78 is 6.26. The maximum absolute atomic E-state index is 13.4. The number of aliphatic hydroxyl groups is 2. The van der Waals surface area contributed by atoms with Crippen molar-refractivity contribution in [2.75, 3.05) is 5.75 Å². The number of thioether (sulfide) groups is 1. The molecule has 0 aromatic heterocycles. The van der Waals surface area contributed by atoms with Gasteiger partial charge in [-0.05, 0) is 49.4 Å². The van der Waals surface area contributed by atoms with E-state index < -0.39 is 34.6 Å². The third-order valence-electron chi connectivity index (χ3n) is 10.2. The van der Waals surface area contributed by atoms with Gasteiger partial charge < -0.3 is 20.7 Å². The third-order valence-corrected chi connectivity index (χ3v) is 11.6. The van der Waals surface area contributed by atoms with E-state index in [1.807, 2.05) is 6.92 Å². The average molecular weight is 510 g/mol. The van der Waals surface area contributed by atoms with Crippen LogP contribution in [0.2, 0.25) is 0 Å². The van der Waals surface area contributed by atoms with Crippen LogP contribution in [0.15, 0.2) is 12.7 Å². The van der Waals surface area contributed by atoms with Crippen molar-refractivity contribution in [2.45, 2.75) is 110 Å². The molecule has 3 fully saturated rings. The van der Waals surface area contributed by atoms with Crippen LogP contribution in [0.4, 0.5) is 0 Å². The lowest BCUT2D eigenvalue weighted by atomic mass is 9.49. The second-order valence-corrected chi connectivity index (χ2v) is 13.8. The van der Waals surface area contributed by atoms with Crippen LogP contribution in [0, 0.1) is 34.0 Å². The second-order valence-electron chi connectivity index (χ2n) is 12.5. The van der Waals surface area contributed by atoms with E-state index in [9.17, 15) is 19.8 Å². The highest BCUT2D eigenvalue weighted by atomic mass is 32.2. The lowest BCUT2D eigenvalue weighted by Gasteiger charge is -2.57. The first-order chi connectivity index (χ1) is 16.2. The number of carbonyl (C=O) groups is 2. The molecule has 0 bridgehead atoms. The van der Waals surface area contributed by atoms with Crippen LogP contribution in [0.25, 0.3) is 0 Å². The van der Waals surface area contributed by atoms with E-state index >= 15 is 0 Å². The van der Waals surface area contributed by atoms with E-state index in [0.29, 0.717) is 19.3 Å². The summed E-state index contributed by atoms with van der Waals surface area (Å²) in [4.78, 5) is 26.6. The largest absolute Gasteiger partial charge is 0.461 e. The van der Waals surface area contributed by atoms with Crippen molar-refractivity contribution in [1.29, 1.82) is 0 Å². The number of ketones is 1. The maximum atomic E-state index is 13.4. The molecule has 0 aromatic carbocycles. The Kier molecular flexibility index (Phi) is 8.58. The van der Waals surface area contributed by atoms with Gasteiger partial charge in [-0.2, -0.15) is 0 Å². The molecular weight excluding hydrogens is 462 g/mol. The molecule has 0 spiro atoms. The number of rotatable bonds is 6. The van der Waals surface area contributed by atoms with Crippen LogP contribution in [-0.2, 0) is 14.3 Å². The molecule has 0 saturated heterocycles. The van der Waals surface area contributed by atoms with Crippen LogP contribution in [0.5, 0.6) is 0 Å². The monoisotopic (exact) mass is 509 g/mol. The predicted molar refractivity (Wildman–Crippen MR) is 141 cm³/mol. The molecule has 10 atom stereocenters. The Labute approximate surface area is 215 Å². The van der Waals surface area contributed by atoms with Gasteiger partial charge in [0.05, 0.1) is 18.0 Å². The first-order valence-electron chi connectivity index (χ1n) is 13.3. The Morgan fingerprint density at radius 1 is 1.29 bits per heavy atom. The molecule has 6 nitrogen and oxygen atoms in total. The number of fused-ring (bicyclic) bond motifs is 1. The quantitative estimate of drug-likeness (QED) is 0.365. The topological polar surface area (TPSA) is 110 Å². The van der Waals surface area contributed by atoms with Crippen LogP contribution in [0.3, 0.4) is 0 Å². The van der Waals surface area contributed by atoms with Gasteiger partial charge in [0.1, 0.15) is 11.9 Å². The first kappa shape index (κ1) is 28.7. The summed E-state index contributed by atoms with van der Waals surface area (Å²) in [5.41, 5.74) is 4.31. The molecule has 0 radical (unpaired) electrons. The molecule has 7 heteroatoms. The van der Waals surface area contributed by atoms with Gasteiger partial charge in [-0.3, -0.25) is 9.59 Å². The molecule has 0 aromatic rings. The van der Waals surface area contributed by atoms with Gasteiger partial charge in [-0.1, -0.05) is 47.6 Å². The number of esters is 1. The number of ether oxygens (including phenoxy) is 1. The molecule has 0 heterocycles. The predicted octanol–water partition coefficient (Wildman–Crippen LogP) is 4.11. The minimum Gasteiger partial charge on any atom is -0.461 e. The van der Waals surface area contributed by atoms with E-state index in [1.165, 1.54) is 11.8 Å². The summed E-state index contributed by atoms with van der Waals surface area (Å²) in [6.07, 6.45) is 3.83. The van der Waals surface area contributed by atoms with Gasteiger partial charge in [0.15, 0.2) is 0 Å². The van der Waals surface area contributed by atoms with Gasteiger partial charge >= 0.3 is 5.97 Å². The SMILES string of the molecule is C=C[C@]1(C)C[C@@H](OC(=O)CS[C@@H]2CC[C@@H](N)C[C@H]2O)[C@](C)(C(C)C)C2C(=O)CC[C@@]2(C)[C@@H](C)[C@@H]1O. The smallest absolute Gasteiger partial charge is 0.316 e. The number of hydrogen-bond donors (Lipinski definition) is 3. The van der Waals surface area contributed by atoms with E-state index in [4.69, 9.17) is 10.5 Å². The molecule has 200 valence electrons. The fourth-order valence-electron chi connectivity index (χ4n) is 7.25. The summed E-state index contributed by atoms with van der Waals surface area (Å²) in [7, 11) is 0. The molecule has 35 heavy (non-hydrogen) atoms. The Balaban J connectivity index is 1.91. The van der Waals surface area contributed by atoms with Crippen molar-refractivity contribution < 1.29 is 24.5 Å². The van der Waals surface area contributed by atoms with Crippen molar-refractivity contribution in [2.24, 2.45) is 39.7 Å². The van der Waals surface area contributed by atoms with Crippen molar-refractivity contribution >= 4 is 23.5 Å². The lowest BCUT2D eigenvalue weighted by Crippen LogP contribution is -2.59. The van der Waals surface area contributed by atoms with E-state index in [2.05, 4.69) is 41.2 Å². The first-order valence-corrected chi connectivity index (χ1v) is 14.3. The number of nitrogens with two attached hydrogens (primary N) is 1. The van der Waals surface area contributed by atoms with Gasteiger partial charge in [0.2, 0.25) is 0 Å². The fourth-order valence-corrected chi connectivity index (χ4v) is 8.30. The van der Waals surface area contributed by atoms with E-state index in [-0.39, 0.29) is 46.6 Å². The fraction of sp³-hybridized carbons (Fsp3) is 0.857. The molecule has 3 rings (SSSR count). The lowest BCUT2D eigenvalue weighted by molar-refractivity contribution is -0.187. The van der Waals surface area contributed by atoms with Gasteiger partial charge in [0.25, 0.3) is 0 Å². The number of carbonyl (C=O) groups excluding carboxylic acids is 2. The Morgan fingerprint density at radius 2 is 1.94 bits per heavy atom. The van der Waals surface area contributed by atoms with Crippen molar-refractivity contribution in [1.82, 2.24) is 0 Å². The van der Waals surface area contributed by atoms with Crippen molar-refractivity contribution in [3.05, 3.63) is 12.7 Å². The highest BCUT2D eigenvalue weighted by Gasteiger charge is 2.64. The average Bonchev–Trinajstić information content (AvgIpc) is 3.11. The van der Waals surface area contributed by atoms with Crippen LogP contribution in [0.1, 0.15) is 80.1 Å². The molecule has 4 N–H and O–H groups in total. The third kappa shape index (κ3) is 5.12.